The predicted molar refractivity (Wildman–Crippen MR) is 121 cm³/mol. The molecular weight excluding hydrogens is 452 g/mol. The van der Waals surface area contributed by atoms with E-state index in [-0.39, 0.29) is 24.0 Å². The van der Waals surface area contributed by atoms with E-state index in [9.17, 15) is 18.0 Å². The van der Waals surface area contributed by atoms with Crippen LogP contribution in [0.4, 0.5) is 5.69 Å². The van der Waals surface area contributed by atoms with Gasteiger partial charge in [-0.15, -0.1) is 11.3 Å². The second-order valence-electron chi connectivity index (χ2n) is 8.28. The molecule has 2 fully saturated rings. The van der Waals surface area contributed by atoms with E-state index >= 15 is 0 Å². The van der Waals surface area contributed by atoms with Crippen LogP contribution in [0.3, 0.4) is 0 Å². The molecule has 3 N–H and O–H groups in total. The summed E-state index contributed by atoms with van der Waals surface area (Å²) in [4.78, 5) is 25.8. The average molecular weight is 479 g/mol. The Labute approximate surface area is 190 Å². The largest absolute Gasteiger partial charge is 0.381 e. The maximum Gasteiger partial charge on any atom is 0.245 e. The van der Waals surface area contributed by atoms with Gasteiger partial charge in [0, 0.05) is 22.0 Å². The van der Waals surface area contributed by atoms with Gasteiger partial charge in [-0.1, -0.05) is 18.6 Å². The topological polar surface area (TPSA) is 122 Å². The van der Waals surface area contributed by atoms with E-state index in [0.717, 1.165) is 10.4 Å². The first-order valence-electron chi connectivity index (χ1n) is 10.6. The monoisotopic (exact) mass is 478 g/mol. The molecule has 4 rings (SSSR count). The summed E-state index contributed by atoms with van der Waals surface area (Å²) in [5.41, 5.74) is 3.09. The molecule has 10 heteroatoms. The molecule has 2 amide bonds. The molecule has 1 unspecified atom stereocenters. The summed E-state index contributed by atoms with van der Waals surface area (Å²) in [5, 5.41) is 12.0. The summed E-state index contributed by atoms with van der Waals surface area (Å²) >= 11 is 1.33. The first-order chi connectivity index (χ1) is 15.3. The van der Waals surface area contributed by atoms with Crippen LogP contribution in [-0.2, 0) is 28.9 Å². The highest BCUT2D eigenvalue weighted by atomic mass is 32.2. The van der Waals surface area contributed by atoms with Crippen molar-refractivity contribution in [3.8, 4) is 10.4 Å². The molecule has 1 aromatic carbocycles. The number of anilines is 1. The number of rotatable bonds is 6. The van der Waals surface area contributed by atoms with Crippen LogP contribution in [0.5, 0.6) is 0 Å². The Morgan fingerprint density at radius 3 is 2.78 bits per heavy atom. The van der Waals surface area contributed by atoms with Crippen molar-refractivity contribution in [1.82, 2.24) is 5.48 Å². The van der Waals surface area contributed by atoms with Gasteiger partial charge in [-0.3, -0.25) is 14.8 Å². The zero-order valence-corrected chi connectivity index (χ0v) is 19.1. The summed E-state index contributed by atoms with van der Waals surface area (Å²) in [5.74, 6) is -0.924. The van der Waals surface area contributed by atoms with E-state index in [4.69, 9.17) is 9.94 Å². The van der Waals surface area contributed by atoms with E-state index in [1.165, 1.54) is 11.3 Å². The molecule has 1 aromatic heterocycles. The Bertz CT molecular complexity index is 1110. The minimum absolute atomic E-state index is 0.0192. The number of carbonyl (C=O) groups excluding carboxylic acids is 2. The van der Waals surface area contributed by atoms with E-state index in [1.807, 2.05) is 30.3 Å². The van der Waals surface area contributed by atoms with Crippen LogP contribution in [-0.4, -0.2) is 44.4 Å². The molecule has 0 radical (unpaired) electrons. The van der Waals surface area contributed by atoms with Gasteiger partial charge in [-0.05, 0) is 49.1 Å². The molecule has 172 valence electrons. The molecule has 8 nitrogen and oxygen atoms in total. The van der Waals surface area contributed by atoms with Crippen LogP contribution in [0, 0.1) is 5.92 Å². The van der Waals surface area contributed by atoms with Gasteiger partial charge >= 0.3 is 0 Å². The summed E-state index contributed by atoms with van der Waals surface area (Å²) in [7, 11) is -3.58. The van der Waals surface area contributed by atoms with Gasteiger partial charge in [0.2, 0.25) is 11.8 Å². The van der Waals surface area contributed by atoms with E-state index in [0.29, 0.717) is 49.5 Å². The number of sulfone groups is 1. The fourth-order valence-corrected chi connectivity index (χ4v) is 8.16. The molecule has 2 saturated heterocycles. The third-order valence-electron chi connectivity index (χ3n) is 6.18. The molecule has 0 spiro atoms. The zero-order chi connectivity index (χ0) is 22.8. The van der Waals surface area contributed by atoms with Crippen molar-refractivity contribution in [3.05, 3.63) is 41.3 Å². The van der Waals surface area contributed by atoms with Crippen LogP contribution in [0.2, 0.25) is 0 Å². The van der Waals surface area contributed by atoms with Crippen molar-refractivity contribution in [2.45, 2.75) is 36.9 Å². The zero-order valence-electron chi connectivity index (χ0n) is 17.5. The lowest BCUT2D eigenvalue weighted by Gasteiger charge is -2.35. The lowest BCUT2D eigenvalue weighted by Crippen LogP contribution is -2.43. The minimum atomic E-state index is -3.58. The number of nitrogens with one attached hydrogen (secondary N) is 2. The van der Waals surface area contributed by atoms with Crippen LogP contribution in [0.25, 0.3) is 10.4 Å². The van der Waals surface area contributed by atoms with Crippen molar-refractivity contribution in [2.24, 2.45) is 5.92 Å². The maximum atomic E-state index is 13.1. The lowest BCUT2D eigenvalue weighted by atomic mass is 9.94. The van der Waals surface area contributed by atoms with Crippen molar-refractivity contribution in [3.63, 3.8) is 0 Å². The van der Waals surface area contributed by atoms with Gasteiger partial charge in [0.15, 0.2) is 9.84 Å². The van der Waals surface area contributed by atoms with Crippen LogP contribution >= 0.6 is 11.3 Å². The Morgan fingerprint density at radius 2 is 2.06 bits per heavy atom. The van der Waals surface area contributed by atoms with Crippen LogP contribution in [0.15, 0.2) is 36.4 Å². The van der Waals surface area contributed by atoms with Crippen molar-refractivity contribution < 1.29 is 28.0 Å². The van der Waals surface area contributed by atoms with Crippen molar-refractivity contribution in [1.29, 1.82) is 0 Å². The number of carbonyl (C=O) groups is 2. The van der Waals surface area contributed by atoms with Crippen LogP contribution < -0.4 is 10.8 Å². The lowest BCUT2D eigenvalue weighted by molar-refractivity contribution is -0.130. The van der Waals surface area contributed by atoms with Gasteiger partial charge in [-0.25, -0.2) is 13.9 Å². The molecule has 2 aliphatic rings. The minimum Gasteiger partial charge on any atom is -0.381 e. The number of hydroxylamine groups is 1. The number of amides is 2. The van der Waals surface area contributed by atoms with Gasteiger partial charge in [0.1, 0.15) is 4.75 Å². The van der Waals surface area contributed by atoms with E-state index < -0.39 is 20.5 Å². The van der Waals surface area contributed by atoms with Crippen molar-refractivity contribution >= 4 is 38.7 Å². The number of ether oxygens (including phenoxy) is 1. The normalized spacial score (nSPS) is 24.7. The molecule has 0 bridgehead atoms. The van der Waals surface area contributed by atoms with E-state index in [1.54, 1.807) is 11.5 Å². The predicted octanol–water partition coefficient (Wildman–Crippen LogP) is 3.08. The fourth-order valence-electron chi connectivity index (χ4n) is 4.39. The standard InChI is InChI=1S/C22H26N2O6S2/c25-20(24-27)13-22(9-1-2-11-32(22,28)29)19-7-6-18(31-19)15-4-3-5-17(12-15)23-21(26)16-8-10-30-14-16/h3-7,12,16,27H,1-2,8-11,13-14H2,(H,23,26)(H,24,25)/t16?,22-/m0/s1. The van der Waals surface area contributed by atoms with Gasteiger partial charge in [-0.2, -0.15) is 0 Å². The average Bonchev–Trinajstić information content (AvgIpc) is 3.48. The highest BCUT2D eigenvalue weighted by Crippen LogP contribution is 2.47. The summed E-state index contributed by atoms with van der Waals surface area (Å²) in [6.45, 7) is 1.02. The summed E-state index contributed by atoms with van der Waals surface area (Å²) in [6.07, 6.45) is 1.99. The second-order valence-corrected chi connectivity index (χ2v) is 11.8. The SMILES string of the molecule is O=C(C[C@]1(c2ccc(-c3cccc(NC(=O)C4CCOC4)c3)s2)CCCCS1(=O)=O)NO. The first-order valence-corrected chi connectivity index (χ1v) is 13.1. The summed E-state index contributed by atoms with van der Waals surface area (Å²) in [6, 6.07) is 11.0. The third kappa shape index (κ3) is 4.45. The van der Waals surface area contributed by atoms with E-state index in [2.05, 4.69) is 5.32 Å². The maximum absolute atomic E-state index is 13.1. The second kappa shape index (κ2) is 9.30. The highest BCUT2D eigenvalue weighted by molar-refractivity contribution is 7.92. The molecular formula is C22H26N2O6S2. The molecule has 0 aliphatic carbocycles. The van der Waals surface area contributed by atoms with Crippen LogP contribution in [0.1, 0.15) is 37.0 Å². The quantitative estimate of drug-likeness (QED) is 0.433. The third-order valence-corrected chi connectivity index (χ3v) is 10.2. The molecule has 3 heterocycles. The smallest absolute Gasteiger partial charge is 0.245 e. The van der Waals surface area contributed by atoms with Gasteiger partial charge < -0.3 is 10.1 Å². The molecule has 32 heavy (non-hydrogen) atoms. The molecule has 2 aromatic rings. The number of benzene rings is 1. The number of thiophene rings is 1. The van der Waals surface area contributed by atoms with Gasteiger partial charge in [0.25, 0.3) is 0 Å². The Hall–Kier alpha value is -2.27. The number of hydrogen-bond donors (Lipinski definition) is 3. The molecule has 2 aliphatic heterocycles. The Balaban J connectivity index is 1.62. The summed E-state index contributed by atoms with van der Waals surface area (Å²) < 4.78 is 30.1. The Kier molecular flexibility index (Phi) is 6.66. The van der Waals surface area contributed by atoms with Gasteiger partial charge in [0.05, 0.1) is 24.7 Å². The van der Waals surface area contributed by atoms with Crippen molar-refractivity contribution in [2.75, 3.05) is 24.3 Å². The molecule has 2 atom stereocenters. The Morgan fingerprint density at radius 1 is 1.22 bits per heavy atom. The first kappa shape index (κ1) is 22.9. The molecule has 0 saturated carbocycles. The fraction of sp³-hybridized carbons (Fsp3) is 0.455. The number of hydrogen-bond acceptors (Lipinski definition) is 7. The highest BCUT2D eigenvalue weighted by Gasteiger charge is 2.49.